The molecule has 0 aliphatic carbocycles. The van der Waals surface area contributed by atoms with Gasteiger partial charge in [-0.15, -0.1) is 0 Å². The molecule has 328 valence electrons. The molecule has 7 heteroatoms. The summed E-state index contributed by atoms with van der Waals surface area (Å²) in [6.07, 6.45) is 62.9. The number of rotatable bonds is 41. The number of aliphatic hydroxyl groups excluding tert-OH is 1. The summed E-state index contributed by atoms with van der Waals surface area (Å²) in [7, 11) is -4.37. The standard InChI is InChI=1S/C50H87NO5S/c1-3-5-7-9-11-13-15-17-19-21-23-25-27-29-31-33-35-37-39-41-43-45-49(52)48(47-57(54,55)56)51-50(53)46-44-42-40-38-36-34-32-30-28-26-24-22-20-18-16-14-12-10-8-6-4-2/h6,8,12,14,18,20,24,26-27,29,35,37,43,45,48-49,52H,3-5,7,9-11,13,15-17,19,21-23,25,28,30-34,36,38-42,44,46-47H2,1-2H3,(H,51,53)(H,54,55,56)/b8-6-,14-12-,20-18-,26-24-,29-27+,37-35+,45-43+. The molecule has 0 radical (unpaired) electrons. The molecule has 6 nitrogen and oxygen atoms in total. The Labute approximate surface area is 352 Å². The molecule has 0 aliphatic rings. The van der Waals surface area contributed by atoms with E-state index in [0.29, 0.717) is 12.8 Å². The number of hydrogen-bond acceptors (Lipinski definition) is 4. The van der Waals surface area contributed by atoms with Crippen LogP contribution in [0.25, 0.3) is 0 Å². The van der Waals surface area contributed by atoms with Crippen LogP contribution in [0.3, 0.4) is 0 Å². The highest BCUT2D eigenvalue weighted by Crippen LogP contribution is 2.14. The number of unbranched alkanes of at least 4 members (excludes halogenated alkanes) is 21. The Morgan fingerprint density at radius 1 is 0.491 bits per heavy atom. The third kappa shape index (κ3) is 44.5. The first-order chi connectivity index (χ1) is 27.8. The van der Waals surface area contributed by atoms with Gasteiger partial charge in [0.05, 0.1) is 17.9 Å². The number of hydrogen-bond donors (Lipinski definition) is 3. The summed E-state index contributed by atoms with van der Waals surface area (Å²) in [5.74, 6) is -1.03. The average molecular weight is 814 g/mol. The Balaban J connectivity index is 3.96. The number of carbonyl (C=O) groups excluding carboxylic acids is 1. The van der Waals surface area contributed by atoms with E-state index < -0.39 is 28.0 Å². The number of carbonyl (C=O) groups is 1. The molecule has 57 heavy (non-hydrogen) atoms. The van der Waals surface area contributed by atoms with Gasteiger partial charge in [0, 0.05) is 6.42 Å². The Bertz CT molecular complexity index is 1210. The van der Waals surface area contributed by atoms with Crippen molar-refractivity contribution in [2.45, 2.75) is 219 Å². The molecule has 1 amide bonds. The highest BCUT2D eigenvalue weighted by Gasteiger charge is 2.24. The molecular formula is C50H87NO5S. The van der Waals surface area contributed by atoms with Crippen LogP contribution < -0.4 is 5.32 Å². The Morgan fingerprint density at radius 3 is 1.32 bits per heavy atom. The van der Waals surface area contributed by atoms with Gasteiger partial charge in [-0.1, -0.05) is 202 Å². The zero-order valence-electron chi connectivity index (χ0n) is 36.7. The molecule has 0 aromatic rings. The van der Waals surface area contributed by atoms with Gasteiger partial charge in [-0.2, -0.15) is 8.42 Å². The van der Waals surface area contributed by atoms with Crippen LogP contribution in [0.5, 0.6) is 0 Å². The Hall–Kier alpha value is -2.48. The average Bonchev–Trinajstić information content (AvgIpc) is 3.18. The predicted octanol–water partition coefficient (Wildman–Crippen LogP) is 14.4. The molecule has 0 saturated carbocycles. The molecule has 0 heterocycles. The molecule has 0 bridgehead atoms. The van der Waals surface area contributed by atoms with E-state index in [0.717, 1.165) is 70.6 Å². The van der Waals surface area contributed by atoms with E-state index in [4.69, 9.17) is 0 Å². The monoisotopic (exact) mass is 814 g/mol. The normalized spacial score (nSPS) is 14.0. The van der Waals surface area contributed by atoms with Crippen LogP contribution in [0, 0.1) is 0 Å². The smallest absolute Gasteiger partial charge is 0.267 e. The minimum Gasteiger partial charge on any atom is -0.387 e. The molecule has 2 atom stereocenters. The second-order valence-corrected chi connectivity index (χ2v) is 17.1. The van der Waals surface area contributed by atoms with Crippen LogP contribution in [0.4, 0.5) is 0 Å². The van der Waals surface area contributed by atoms with Gasteiger partial charge < -0.3 is 10.4 Å². The largest absolute Gasteiger partial charge is 0.387 e. The molecule has 3 N–H and O–H groups in total. The maximum atomic E-state index is 12.6. The first kappa shape index (κ1) is 54.5. The first-order valence-corrected chi connectivity index (χ1v) is 24.9. The lowest BCUT2D eigenvalue weighted by Crippen LogP contribution is -2.46. The summed E-state index contributed by atoms with van der Waals surface area (Å²) in [6.45, 7) is 4.42. The lowest BCUT2D eigenvalue weighted by atomic mass is 10.1. The lowest BCUT2D eigenvalue weighted by molar-refractivity contribution is -0.122. The summed E-state index contributed by atoms with van der Waals surface area (Å²) < 4.78 is 32.6. The maximum absolute atomic E-state index is 12.6. The molecular weight excluding hydrogens is 727 g/mol. The summed E-state index contributed by atoms with van der Waals surface area (Å²) in [5, 5.41) is 13.2. The van der Waals surface area contributed by atoms with Crippen LogP contribution >= 0.6 is 0 Å². The molecule has 0 aliphatic heterocycles. The van der Waals surface area contributed by atoms with Crippen molar-refractivity contribution in [2.75, 3.05) is 5.75 Å². The summed E-state index contributed by atoms with van der Waals surface area (Å²) >= 11 is 0. The second-order valence-electron chi connectivity index (χ2n) is 15.6. The van der Waals surface area contributed by atoms with Gasteiger partial charge in [0.1, 0.15) is 0 Å². The van der Waals surface area contributed by atoms with Gasteiger partial charge in [-0.05, 0) is 83.5 Å². The Kier molecular flexibility index (Phi) is 41.2. The predicted molar refractivity (Wildman–Crippen MR) is 248 cm³/mol. The van der Waals surface area contributed by atoms with Crippen molar-refractivity contribution in [3.8, 4) is 0 Å². The quantitative estimate of drug-likeness (QED) is 0.0324. The fourth-order valence-electron chi connectivity index (χ4n) is 6.59. The van der Waals surface area contributed by atoms with E-state index in [1.165, 1.54) is 109 Å². The van der Waals surface area contributed by atoms with Crippen molar-refractivity contribution in [3.63, 3.8) is 0 Å². The third-order valence-electron chi connectivity index (χ3n) is 10.0. The van der Waals surface area contributed by atoms with Gasteiger partial charge in [0.25, 0.3) is 10.1 Å². The van der Waals surface area contributed by atoms with E-state index in [9.17, 15) is 22.9 Å². The van der Waals surface area contributed by atoms with E-state index in [1.807, 2.05) is 0 Å². The summed E-state index contributed by atoms with van der Waals surface area (Å²) in [4.78, 5) is 12.6. The number of aliphatic hydroxyl groups is 1. The number of amides is 1. The van der Waals surface area contributed by atoms with Crippen molar-refractivity contribution >= 4 is 16.0 Å². The molecule has 0 rings (SSSR count). The SMILES string of the molecule is CC/C=C\C/C=C\C/C=C\C/C=C\CCCCCCCCCCC(=O)NC(CS(=O)(=O)O)C(O)/C=C/CC/C=C/CC/C=C/CCCCCCCCCCCCC. The van der Waals surface area contributed by atoms with E-state index in [-0.39, 0.29) is 12.3 Å². The zero-order valence-corrected chi connectivity index (χ0v) is 37.5. The van der Waals surface area contributed by atoms with Crippen molar-refractivity contribution < 1.29 is 22.9 Å². The van der Waals surface area contributed by atoms with Crippen LogP contribution in [0.2, 0.25) is 0 Å². The van der Waals surface area contributed by atoms with E-state index in [2.05, 4.69) is 92.1 Å². The van der Waals surface area contributed by atoms with Crippen LogP contribution in [0.1, 0.15) is 206 Å². The molecule has 0 saturated heterocycles. The minimum absolute atomic E-state index is 0.270. The fourth-order valence-corrected chi connectivity index (χ4v) is 7.32. The van der Waals surface area contributed by atoms with E-state index in [1.54, 1.807) is 6.08 Å². The van der Waals surface area contributed by atoms with Crippen LogP contribution in [0.15, 0.2) is 85.1 Å². The van der Waals surface area contributed by atoms with Gasteiger partial charge in [0.2, 0.25) is 5.91 Å². The minimum atomic E-state index is -4.37. The number of nitrogens with one attached hydrogen (secondary N) is 1. The van der Waals surface area contributed by atoms with Crippen LogP contribution in [-0.2, 0) is 14.9 Å². The van der Waals surface area contributed by atoms with Crippen LogP contribution in [-0.4, -0.2) is 41.9 Å². The molecule has 0 aromatic heterocycles. The van der Waals surface area contributed by atoms with Crippen molar-refractivity contribution in [2.24, 2.45) is 0 Å². The highest BCUT2D eigenvalue weighted by molar-refractivity contribution is 7.85. The second kappa shape index (κ2) is 43.1. The van der Waals surface area contributed by atoms with Crippen molar-refractivity contribution in [1.29, 1.82) is 0 Å². The lowest BCUT2D eigenvalue weighted by Gasteiger charge is -2.21. The van der Waals surface area contributed by atoms with E-state index >= 15 is 0 Å². The van der Waals surface area contributed by atoms with Gasteiger partial charge in [-0.25, -0.2) is 0 Å². The van der Waals surface area contributed by atoms with Crippen molar-refractivity contribution in [3.05, 3.63) is 85.1 Å². The van der Waals surface area contributed by atoms with Gasteiger partial charge >= 0.3 is 0 Å². The van der Waals surface area contributed by atoms with Crippen molar-refractivity contribution in [1.82, 2.24) is 5.32 Å². The fraction of sp³-hybridized carbons (Fsp3) is 0.700. The summed E-state index contributed by atoms with van der Waals surface area (Å²) in [5.41, 5.74) is 0. The third-order valence-corrected chi connectivity index (χ3v) is 10.8. The zero-order chi connectivity index (χ0) is 41.8. The topological polar surface area (TPSA) is 104 Å². The summed E-state index contributed by atoms with van der Waals surface area (Å²) in [6, 6.07) is -1.09. The van der Waals surface area contributed by atoms with Gasteiger partial charge in [-0.3, -0.25) is 9.35 Å². The highest BCUT2D eigenvalue weighted by atomic mass is 32.2. The first-order valence-electron chi connectivity index (χ1n) is 23.3. The Morgan fingerprint density at radius 2 is 0.860 bits per heavy atom. The molecule has 2 unspecified atom stereocenters. The van der Waals surface area contributed by atoms with Gasteiger partial charge in [0.15, 0.2) is 0 Å². The molecule has 0 spiro atoms. The number of allylic oxidation sites excluding steroid dienone is 13. The maximum Gasteiger partial charge on any atom is 0.267 e. The molecule has 0 fully saturated rings. The molecule has 0 aromatic carbocycles.